The average Bonchev–Trinajstić information content (AvgIpc) is 3.06. The Balaban J connectivity index is 2.07. The summed E-state index contributed by atoms with van der Waals surface area (Å²) >= 11 is 6.69. The molecular weight excluding hydrogens is 445 g/mol. The number of halogens is 2. The topological polar surface area (TPSA) is 89.1 Å². The lowest BCUT2D eigenvalue weighted by Gasteiger charge is -2.28. The molecule has 2 rings (SSSR count). The van der Waals surface area contributed by atoms with E-state index in [4.69, 9.17) is 8.94 Å². The molecule has 0 radical (unpaired) electrons. The molecular formula is C11H16Br2N3O5P. The van der Waals surface area contributed by atoms with Gasteiger partial charge in [-0.3, -0.25) is 19.2 Å². The predicted octanol–water partition coefficient (Wildman–Crippen LogP) is 3.22. The van der Waals surface area contributed by atoms with Crippen LogP contribution in [0.3, 0.4) is 0 Å². The summed E-state index contributed by atoms with van der Waals surface area (Å²) in [7, 11) is -3.13. The van der Waals surface area contributed by atoms with E-state index in [9.17, 15) is 14.7 Å². The molecule has 1 aliphatic heterocycles. The molecule has 1 aromatic heterocycles. The number of nitrogens with zero attached hydrogens (tertiary/aromatic N) is 3. The fourth-order valence-electron chi connectivity index (χ4n) is 2.19. The molecule has 0 amide bonds. The van der Waals surface area contributed by atoms with Crippen molar-refractivity contribution in [3.05, 3.63) is 28.0 Å². The number of hydrogen-bond acceptors (Lipinski definition) is 5. The third-order valence-electron chi connectivity index (χ3n) is 3.22. The van der Waals surface area contributed by atoms with E-state index < -0.39 is 12.6 Å². The van der Waals surface area contributed by atoms with Crippen LogP contribution in [0.2, 0.25) is 0 Å². The number of rotatable bonds is 8. The lowest BCUT2D eigenvalue weighted by Crippen LogP contribution is -2.24. The predicted molar refractivity (Wildman–Crippen MR) is 88.5 cm³/mol. The molecule has 8 nitrogen and oxygen atoms in total. The average molecular weight is 461 g/mol. The Morgan fingerprint density at radius 1 is 1.27 bits per heavy atom. The number of hydrogen-bond donors (Lipinski definition) is 0. The highest BCUT2D eigenvalue weighted by molar-refractivity contribution is 9.09. The molecule has 124 valence electrons. The van der Waals surface area contributed by atoms with Crippen molar-refractivity contribution >= 4 is 45.4 Å². The van der Waals surface area contributed by atoms with Crippen LogP contribution in [0.5, 0.6) is 0 Å². The Kier molecular flexibility index (Phi) is 6.60. The minimum Gasteiger partial charge on any atom is -0.403 e. The number of alkyl halides is 2. The summed E-state index contributed by atoms with van der Waals surface area (Å²) < 4.78 is 27.5. The van der Waals surface area contributed by atoms with Gasteiger partial charge in [0.2, 0.25) is 0 Å². The van der Waals surface area contributed by atoms with E-state index in [0.717, 1.165) is 0 Å². The molecule has 0 spiro atoms. The van der Waals surface area contributed by atoms with Crippen molar-refractivity contribution in [2.45, 2.75) is 6.61 Å². The summed E-state index contributed by atoms with van der Waals surface area (Å²) in [5, 5.41) is 12.0. The summed E-state index contributed by atoms with van der Waals surface area (Å²) in [4.78, 5) is 9.99. The van der Waals surface area contributed by atoms with Gasteiger partial charge in [0.05, 0.1) is 6.07 Å². The zero-order valence-electron chi connectivity index (χ0n) is 11.7. The molecule has 0 bridgehead atoms. The molecule has 0 atom stereocenters. The first-order valence-corrected chi connectivity index (χ1v) is 10.4. The SMILES string of the molecule is O=[N+]([O-])c1ccc(COP2(=O)N(CCBr)CCN2CCBr)o1. The molecule has 0 aliphatic carbocycles. The fourth-order valence-corrected chi connectivity index (χ4v) is 5.96. The highest BCUT2D eigenvalue weighted by atomic mass is 79.9. The van der Waals surface area contributed by atoms with E-state index in [2.05, 4.69) is 31.9 Å². The lowest BCUT2D eigenvalue weighted by atomic mass is 10.5. The van der Waals surface area contributed by atoms with Gasteiger partial charge < -0.3 is 4.42 Å². The summed E-state index contributed by atoms with van der Waals surface area (Å²) in [6.07, 6.45) is 0. The summed E-state index contributed by atoms with van der Waals surface area (Å²) in [6.45, 7) is 2.47. The van der Waals surface area contributed by atoms with Crippen LogP contribution in [0.25, 0.3) is 0 Å². The van der Waals surface area contributed by atoms with Gasteiger partial charge in [0, 0.05) is 36.8 Å². The third-order valence-corrected chi connectivity index (χ3v) is 6.62. The molecule has 0 aromatic carbocycles. The monoisotopic (exact) mass is 459 g/mol. The van der Waals surface area contributed by atoms with Crippen molar-refractivity contribution in [1.29, 1.82) is 0 Å². The van der Waals surface area contributed by atoms with E-state index in [-0.39, 0.29) is 18.3 Å². The van der Waals surface area contributed by atoms with Gasteiger partial charge in [-0.15, -0.1) is 0 Å². The first-order chi connectivity index (χ1) is 10.5. The minimum atomic E-state index is -3.13. The quantitative estimate of drug-likeness (QED) is 0.254. The molecule has 0 unspecified atom stereocenters. The highest BCUT2D eigenvalue weighted by Gasteiger charge is 2.43. The molecule has 1 saturated heterocycles. The molecule has 0 saturated carbocycles. The molecule has 1 aliphatic rings. The minimum absolute atomic E-state index is 0.0668. The molecule has 1 aromatic rings. The van der Waals surface area contributed by atoms with E-state index >= 15 is 0 Å². The second-order valence-corrected chi connectivity index (χ2v) is 8.50. The number of nitro groups is 1. The number of furan rings is 1. The standard InChI is InChI=1S/C11H16Br2N3O5P/c12-3-5-14-7-8-15(6-4-13)22(14,19)20-9-10-1-2-11(21-10)16(17)18/h1-2H,3-9H2. The fraction of sp³-hybridized carbons (Fsp3) is 0.636. The lowest BCUT2D eigenvalue weighted by molar-refractivity contribution is -0.402. The van der Waals surface area contributed by atoms with Crippen LogP contribution in [0.4, 0.5) is 5.88 Å². The van der Waals surface area contributed by atoms with Gasteiger partial charge in [-0.1, -0.05) is 31.9 Å². The zero-order chi connectivity index (χ0) is 16.2. The van der Waals surface area contributed by atoms with Crippen LogP contribution in [-0.4, -0.2) is 51.1 Å². The Labute approximate surface area is 144 Å². The van der Waals surface area contributed by atoms with E-state index in [1.807, 2.05) is 9.34 Å². The zero-order valence-corrected chi connectivity index (χ0v) is 15.8. The highest BCUT2D eigenvalue weighted by Crippen LogP contribution is 2.58. The van der Waals surface area contributed by atoms with Crippen LogP contribution >= 0.6 is 39.5 Å². The largest absolute Gasteiger partial charge is 0.433 e. The van der Waals surface area contributed by atoms with Crippen molar-refractivity contribution in [3.63, 3.8) is 0 Å². The van der Waals surface area contributed by atoms with Crippen molar-refractivity contribution in [2.75, 3.05) is 36.8 Å². The van der Waals surface area contributed by atoms with Gasteiger partial charge in [-0.05, 0) is 6.07 Å². The third kappa shape index (κ3) is 3.98. The van der Waals surface area contributed by atoms with Gasteiger partial charge in [-0.25, -0.2) is 9.34 Å². The second-order valence-electron chi connectivity index (χ2n) is 4.55. The van der Waals surface area contributed by atoms with E-state index in [0.29, 0.717) is 36.8 Å². The Bertz CT molecular complexity index is 552. The molecule has 2 heterocycles. The summed E-state index contributed by atoms with van der Waals surface area (Å²) in [6, 6.07) is 2.72. The van der Waals surface area contributed by atoms with Crippen LogP contribution in [0.15, 0.2) is 16.5 Å². The smallest absolute Gasteiger partial charge is 0.403 e. The van der Waals surface area contributed by atoms with Gasteiger partial charge in [-0.2, -0.15) is 0 Å². The Morgan fingerprint density at radius 3 is 2.32 bits per heavy atom. The van der Waals surface area contributed by atoms with Gasteiger partial charge in [0.25, 0.3) is 0 Å². The van der Waals surface area contributed by atoms with Crippen LogP contribution in [-0.2, 0) is 15.7 Å². The first-order valence-electron chi connectivity index (χ1n) is 6.61. The van der Waals surface area contributed by atoms with Crippen molar-refractivity contribution < 1.29 is 18.4 Å². The van der Waals surface area contributed by atoms with Gasteiger partial charge in [0.1, 0.15) is 17.3 Å². The molecule has 1 fully saturated rings. The van der Waals surface area contributed by atoms with E-state index in [1.54, 1.807) is 0 Å². The molecule has 11 heteroatoms. The normalized spacial score (nSPS) is 18.8. The second kappa shape index (κ2) is 8.03. The Hall–Kier alpha value is -0.250. The first kappa shape index (κ1) is 18.1. The van der Waals surface area contributed by atoms with Crippen LogP contribution < -0.4 is 0 Å². The Morgan fingerprint density at radius 2 is 1.86 bits per heavy atom. The van der Waals surface area contributed by atoms with E-state index in [1.165, 1.54) is 12.1 Å². The van der Waals surface area contributed by atoms with Crippen molar-refractivity contribution in [3.8, 4) is 0 Å². The maximum atomic E-state index is 13.2. The van der Waals surface area contributed by atoms with Crippen LogP contribution in [0.1, 0.15) is 5.76 Å². The maximum absolute atomic E-state index is 13.2. The summed E-state index contributed by atoms with van der Waals surface area (Å²) in [5.41, 5.74) is 0. The van der Waals surface area contributed by atoms with Crippen molar-refractivity contribution in [1.82, 2.24) is 9.34 Å². The molecule has 22 heavy (non-hydrogen) atoms. The van der Waals surface area contributed by atoms with Gasteiger partial charge >= 0.3 is 13.6 Å². The summed E-state index contributed by atoms with van der Waals surface area (Å²) in [5.74, 6) is -0.0654. The maximum Gasteiger partial charge on any atom is 0.433 e. The van der Waals surface area contributed by atoms with Crippen LogP contribution in [0, 0.1) is 10.1 Å². The van der Waals surface area contributed by atoms with Crippen molar-refractivity contribution in [2.24, 2.45) is 0 Å². The van der Waals surface area contributed by atoms with Gasteiger partial charge in [0.15, 0.2) is 0 Å². The molecule has 0 N–H and O–H groups in total.